The number of nitrogens with zero attached hydrogens (tertiary/aromatic N) is 1. The second kappa shape index (κ2) is 12.5. The van der Waals surface area contributed by atoms with Gasteiger partial charge >= 0.3 is 5.97 Å². The van der Waals surface area contributed by atoms with E-state index in [9.17, 15) is 19.5 Å². The fraction of sp³-hybridized carbons (Fsp3) is 0.667. The maximum atomic E-state index is 12.7. The maximum absolute atomic E-state index is 12.7. The molecule has 1 aromatic rings. The molecule has 1 aromatic heterocycles. The number of rotatable bonds is 11. The highest BCUT2D eigenvalue weighted by atomic mass is 16.4. The first-order valence-corrected chi connectivity index (χ1v) is 11.7. The molecule has 4 N–H and O–H groups in total. The Hall–Kier alpha value is -2.48. The Balaban J connectivity index is 1.92. The first kappa shape index (κ1) is 25.8. The number of piperidine rings is 1. The van der Waals surface area contributed by atoms with Crippen LogP contribution in [0.4, 0.5) is 0 Å². The van der Waals surface area contributed by atoms with Gasteiger partial charge in [-0.3, -0.25) is 14.6 Å². The smallest absolute Gasteiger partial charge is 0.326 e. The summed E-state index contributed by atoms with van der Waals surface area (Å²) in [6.45, 7) is 9.45. The van der Waals surface area contributed by atoms with Gasteiger partial charge in [0.25, 0.3) is 0 Å². The van der Waals surface area contributed by atoms with Crippen LogP contribution >= 0.6 is 0 Å². The Morgan fingerprint density at radius 2 is 1.81 bits per heavy atom. The van der Waals surface area contributed by atoms with Gasteiger partial charge in [-0.05, 0) is 62.7 Å². The molecule has 2 heterocycles. The Kier molecular flexibility index (Phi) is 10.1. The number of carbonyl (C=O) groups excluding carboxylic acids is 2. The van der Waals surface area contributed by atoms with Crippen molar-refractivity contribution < 1.29 is 19.5 Å². The van der Waals surface area contributed by atoms with E-state index in [4.69, 9.17) is 4.98 Å². The van der Waals surface area contributed by atoms with Crippen LogP contribution in [0, 0.1) is 11.8 Å². The van der Waals surface area contributed by atoms with E-state index in [1.807, 2.05) is 39.8 Å². The monoisotopic (exact) mass is 446 g/mol. The highest BCUT2D eigenvalue weighted by Crippen LogP contribution is 2.23. The molecule has 0 aliphatic carbocycles. The molecule has 1 saturated heterocycles. The van der Waals surface area contributed by atoms with Crippen LogP contribution in [-0.2, 0) is 20.8 Å². The highest BCUT2D eigenvalue weighted by Gasteiger charge is 2.29. The first-order valence-electron chi connectivity index (χ1n) is 11.7. The van der Waals surface area contributed by atoms with Gasteiger partial charge in [0.2, 0.25) is 11.8 Å². The van der Waals surface area contributed by atoms with E-state index < -0.39 is 24.0 Å². The molecule has 0 bridgehead atoms. The van der Waals surface area contributed by atoms with Gasteiger partial charge in [0, 0.05) is 23.7 Å². The third-order valence-corrected chi connectivity index (χ3v) is 5.78. The van der Waals surface area contributed by atoms with Crippen molar-refractivity contribution in [2.45, 2.75) is 77.8 Å². The van der Waals surface area contributed by atoms with Crippen molar-refractivity contribution in [3.63, 3.8) is 0 Å². The number of aromatic nitrogens is 1. The number of nitrogens with one attached hydrogen (secondary N) is 3. The molecular weight excluding hydrogens is 408 g/mol. The third-order valence-electron chi connectivity index (χ3n) is 5.78. The van der Waals surface area contributed by atoms with Crippen molar-refractivity contribution in [1.29, 1.82) is 0 Å². The summed E-state index contributed by atoms with van der Waals surface area (Å²) >= 11 is 0. The van der Waals surface area contributed by atoms with Gasteiger partial charge in [-0.15, -0.1) is 0 Å². The van der Waals surface area contributed by atoms with E-state index in [1.54, 1.807) is 0 Å². The first-order chi connectivity index (χ1) is 15.2. The fourth-order valence-electron chi connectivity index (χ4n) is 3.96. The lowest BCUT2D eigenvalue weighted by Crippen LogP contribution is -2.54. The molecule has 2 atom stereocenters. The summed E-state index contributed by atoms with van der Waals surface area (Å²) in [6.07, 6.45) is 3.17. The molecule has 0 unspecified atom stereocenters. The molecule has 2 amide bonds. The molecule has 2 rings (SSSR count). The Morgan fingerprint density at radius 3 is 2.41 bits per heavy atom. The summed E-state index contributed by atoms with van der Waals surface area (Å²) in [7, 11) is 0. The van der Waals surface area contributed by atoms with Crippen molar-refractivity contribution in [2.24, 2.45) is 11.8 Å². The van der Waals surface area contributed by atoms with Crippen LogP contribution in [0.25, 0.3) is 0 Å². The molecule has 0 radical (unpaired) electrons. The molecule has 0 saturated carbocycles. The average Bonchev–Trinajstić information content (AvgIpc) is 2.75. The number of hydrogen-bond donors (Lipinski definition) is 4. The largest absolute Gasteiger partial charge is 0.480 e. The lowest BCUT2D eigenvalue weighted by Gasteiger charge is -2.24. The molecule has 1 aliphatic rings. The molecule has 1 aliphatic heterocycles. The van der Waals surface area contributed by atoms with Crippen molar-refractivity contribution in [3.05, 3.63) is 29.6 Å². The van der Waals surface area contributed by atoms with Crippen molar-refractivity contribution in [1.82, 2.24) is 20.9 Å². The van der Waals surface area contributed by atoms with Gasteiger partial charge in [0.1, 0.15) is 12.1 Å². The zero-order chi connectivity index (χ0) is 23.7. The predicted octanol–water partition coefficient (Wildman–Crippen LogP) is 2.24. The van der Waals surface area contributed by atoms with E-state index in [0.717, 1.165) is 37.3 Å². The molecular formula is C24H38N4O4. The van der Waals surface area contributed by atoms with Gasteiger partial charge in [-0.1, -0.05) is 33.8 Å². The zero-order valence-electron chi connectivity index (χ0n) is 19.7. The summed E-state index contributed by atoms with van der Waals surface area (Å²) in [5, 5.41) is 18.1. The molecule has 178 valence electrons. The lowest BCUT2D eigenvalue weighted by atomic mass is 9.94. The van der Waals surface area contributed by atoms with Crippen LogP contribution in [0.2, 0.25) is 0 Å². The van der Waals surface area contributed by atoms with Crippen LogP contribution in [0.5, 0.6) is 0 Å². The maximum Gasteiger partial charge on any atom is 0.326 e. The summed E-state index contributed by atoms with van der Waals surface area (Å²) in [5.41, 5.74) is 1.94. The summed E-state index contributed by atoms with van der Waals surface area (Å²) in [5.74, 6) is -1.38. The van der Waals surface area contributed by atoms with Gasteiger partial charge in [0.15, 0.2) is 0 Å². The lowest BCUT2D eigenvalue weighted by molar-refractivity contribution is -0.143. The second-order valence-corrected chi connectivity index (χ2v) is 9.40. The van der Waals surface area contributed by atoms with Crippen LogP contribution in [0.3, 0.4) is 0 Å². The predicted molar refractivity (Wildman–Crippen MR) is 123 cm³/mol. The normalized spacial score (nSPS) is 16.6. The quantitative estimate of drug-likeness (QED) is 0.414. The Bertz CT molecular complexity index is 775. The van der Waals surface area contributed by atoms with Gasteiger partial charge in [-0.2, -0.15) is 0 Å². The Labute approximate surface area is 191 Å². The topological polar surface area (TPSA) is 120 Å². The number of pyridine rings is 1. The SMILES string of the molecule is CC(C)C[C@H](NC(=O)[C@@H](NC(=O)CCc1cccc(C2CCNCC2)n1)C(C)C)C(=O)O. The summed E-state index contributed by atoms with van der Waals surface area (Å²) in [4.78, 5) is 41.5. The number of amides is 2. The highest BCUT2D eigenvalue weighted by molar-refractivity contribution is 5.90. The number of carbonyl (C=O) groups is 3. The summed E-state index contributed by atoms with van der Waals surface area (Å²) < 4.78 is 0. The van der Waals surface area contributed by atoms with Gasteiger partial charge < -0.3 is 21.1 Å². The van der Waals surface area contributed by atoms with Gasteiger partial charge in [-0.25, -0.2) is 4.79 Å². The number of hydrogen-bond acceptors (Lipinski definition) is 5. The number of carboxylic acid groups (broad SMARTS) is 1. The van der Waals surface area contributed by atoms with Crippen LogP contribution in [-0.4, -0.2) is 53.0 Å². The van der Waals surface area contributed by atoms with E-state index in [1.165, 1.54) is 0 Å². The number of carboxylic acids is 1. The van der Waals surface area contributed by atoms with Crippen LogP contribution in [0.1, 0.15) is 70.7 Å². The van der Waals surface area contributed by atoms with Crippen LogP contribution < -0.4 is 16.0 Å². The molecule has 32 heavy (non-hydrogen) atoms. The van der Waals surface area contributed by atoms with Crippen molar-refractivity contribution >= 4 is 17.8 Å². The minimum absolute atomic E-state index is 0.122. The molecule has 8 heteroatoms. The van der Waals surface area contributed by atoms with E-state index in [0.29, 0.717) is 18.8 Å². The van der Waals surface area contributed by atoms with E-state index in [2.05, 4.69) is 22.0 Å². The molecule has 0 spiro atoms. The van der Waals surface area contributed by atoms with Gasteiger partial charge in [0.05, 0.1) is 0 Å². The molecule has 1 fully saturated rings. The second-order valence-electron chi connectivity index (χ2n) is 9.40. The minimum atomic E-state index is -1.07. The Morgan fingerprint density at radius 1 is 1.12 bits per heavy atom. The number of aliphatic carboxylic acids is 1. The molecule has 8 nitrogen and oxygen atoms in total. The van der Waals surface area contributed by atoms with Crippen LogP contribution in [0.15, 0.2) is 18.2 Å². The average molecular weight is 447 g/mol. The summed E-state index contributed by atoms with van der Waals surface area (Å²) in [6, 6.07) is 4.21. The standard InChI is InChI=1S/C24H38N4O4/c1-15(2)14-20(24(31)32)27-23(30)22(16(3)4)28-21(29)9-8-18-6-5-7-19(26-18)17-10-12-25-13-11-17/h5-7,15-17,20,22,25H,8-14H2,1-4H3,(H,27,30)(H,28,29)(H,31,32)/t20-,22-/m0/s1. The van der Waals surface area contributed by atoms with E-state index >= 15 is 0 Å². The van der Waals surface area contributed by atoms with Crippen molar-refractivity contribution in [3.8, 4) is 0 Å². The number of aryl methyl sites for hydroxylation is 1. The molecule has 0 aromatic carbocycles. The fourth-order valence-corrected chi connectivity index (χ4v) is 3.96. The van der Waals surface area contributed by atoms with Crippen molar-refractivity contribution in [2.75, 3.05) is 13.1 Å². The minimum Gasteiger partial charge on any atom is -0.480 e. The third kappa shape index (κ3) is 8.22. The zero-order valence-corrected chi connectivity index (χ0v) is 19.7. The van der Waals surface area contributed by atoms with E-state index in [-0.39, 0.29) is 24.2 Å².